The predicted octanol–water partition coefficient (Wildman–Crippen LogP) is 0.877. The predicted molar refractivity (Wildman–Crippen MR) is 74.1 cm³/mol. The molecule has 120 valence electrons. The fraction of sp³-hybridized carbons (Fsp3) is 1.00. The maximum Gasteiger partial charge on any atom is 0.0781 e. The summed E-state index contributed by atoms with van der Waals surface area (Å²) in [5, 5.41) is 0. The third kappa shape index (κ3) is 10.5. The molecule has 1 rings (SSSR count). The third-order valence-corrected chi connectivity index (χ3v) is 2.71. The largest absolute Gasteiger partial charge is 0.377 e. The van der Waals surface area contributed by atoms with Crippen molar-refractivity contribution in [3.05, 3.63) is 0 Å². The van der Waals surface area contributed by atoms with Crippen LogP contribution in [0.1, 0.15) is 13.8 Å². The van der Waals surface area contributed by atoms with Crippen molar-refractivity contribution in [2.75, 3.05) is 66.1 Å². The van der Waals surface area contributed by atoms with Gasteiger partial charge in [0.1, 0.15) is 0 Å². The van der Waals surface area contributed by atoms with E-state index in [1.165, 1.54) is 0 Å². The summed E-state index contributed by atoms with van der Waals surface area (Å²) >= 11 is 0. The van der Waals surface area contributed by atoms with E-state index in [1.807, 2.05) is 13.8 Å². The van der Waals surface area contributed by atoms with E-state index in [1.54, 1.807) is 0 Å². The van der Waals surface area contributed by atoms with E-state index in [0.29, 0.717) is 66.1 Å². The molecule has 0 saturated carbocycles. The fourth-order valence-corrected chi connectivity index (χ4v) is 1.65. The highest BCUT2D eigenvalue weighted by molar-refractivity contribution is 4.49. The minimum Gasteiger partial charge on any atom is -0.377 e. The summed E-state index contributed by atoms with van der Waals surface area (Å²) in [6.45, 7) is 9.68. The van der Waals surface area contributed by atoms with Crippen molar-refractivity contribution < 1.29 is 28.4 Å². The lowest BCUT2D eigenvalue weighted by molar-refractivity contribution is -0.0673. The lowest BCUT2D eigenvalue weighted by Crippen LogP contribution is -2.23. The van der Waals surface area contributed by atoms with Crippen molar-refractivity contribution in [2.45, 2.75) is 26.1 Å². The fourth-order valence-electron chi connectivity index (χ4n) is 1.65. The smallest absolute Gasteiger partial charge is 0.0781 e. The van der Waals surface area contributed by atoms with Crippen LogP contribution in [0.15, 0.2) is 0 Å². The van der Waals surface area contributed by atoms with Gasteiger partial charge in [0.2, 0.25) is 0 Å². The molecule has 1 aliphatic rings. The molecular weight excluding hydrogens is 264 g/mol. The Balaban J connectivity index is 2.16. The highest BCUT2D eigenvalue weighted by Gasteiger charge is 2.04. The molecule has 0 amide bonds. The second-order valence-electron chi connectivity index (χ2n) is 4.74. The quantitative estimate of drug-likeness (QED) is 0.660. The van der Waals surface area contributed by atoms with E-state index in [0.717, 1.165) is 0 Å². The second-order valence-corrected chi connectivity index (χ2v) is 4.74. The summed E-state index contributed by atoms with van der Waals surface area (Å²) in [6, 6.07) is 0. The third-order valence-electron chi connectivity index (χ3n) is 2.71. The van der Waals surface area contributed by atoms with Gasteiger partial charge in [-0.05, 0) is 13.8 Å². The molecule has 2 atom stereocenters. The van der Waals surface area contributed by atoms with E-state index < -0.39 is 0 Å². The summed E-state index contributed by atoms with van der Waals surface area (Å²) in [5.41, 5.74) is 0. The molecule has 1 aliphatic heterocycles. The summed E-state index contributed by atoms with van der Waals surface area (Å²) in [4.78, 5) is 0. The minimum absolute atomic E-state index is 0.0667. The number of hydrogen-bond acceptors (Lipinski definition) is 6. The Morgan fingerprint density at radius 2 is 0.850 bits per heavy atom. The standard InChI is InChI=1S/C14H28O6/c1-13-11-17-5-3-15-4-6-18-12-14(2)20-10-8-16-7-9-19-13/h13-14H,3-12H2,1-2H3. The maximum atomic E-state index is 5.56. The van der Waals surface area contributed by atoms with Gasteiger partial charge in [0, 0.05) is 0 Å². The molecule has 1 saturated heterocycles. The van der Waals surface area contributed by atoms with Crippen LogP contribution in [0.2, 0.25) is 0 Å². The molecule has 0 bridgehead atoms. The first-order valence-corrected chi connectivity index (χ1v) is 7.33. The first-order chi connectivity index (χ1) is 9.79. The van der Waals surface area contributed by atoms with Crippen molar-refractivity contribution in [2.24, 2.45) is 0 Å². The molecule has 0 aliphatic carbocycles. The molecule has 6 nitrogen and oxygen atoms in total. The highest BCUT2D eigenvalue weighted by atomic mass is 16.6. The zero-order valence-corrected chi connectivity index (χ0v) is 12.7. The zero-order valence-electron chi connectivity index (χ0n) is 12.7. The maximum absolute atomic E-state index is 5.56. The molecule has 1 fully saturated rings. The Bertz CT molecular complexity index is 194. The average molecular weight is 292 g/mol. The number of hydrogen-bond donors (Lipinski definition) is 0. The first kappa shape index (κ1) is 17.8. The van der Waals surface area contributed by atoms with Crippen molar-refractivity contribution >= 4 is 0 Å². The van der Waals surface area contributed by atoms with Gasteiger partial charge in [0.15, 0.2) is 0 Å². The molecule has 2 unspecified atom stereocenters. The van der Waals surface area contributed by atoms with Crippen molar-refractivity contribution in [1.29, 1.82) is 0 Å². The van der Waals surface area contributed by atoms with Crippen LogP contribution in [-0.4, -0.2) is 78.3 Å². The topological polar surface area (TPSA) is 55.4 Å². The van der Waals surface area contributed by atoms with Crippen LogP contribution in [-0.2, 0) is 28.4 Å². The Labute approximate surface area is 121 Å². The molecule has 0 radical (unpaired) electrons. The molecule has 1 heterocycles. The first-order valence-electron chi connectivity index (χ1n) is 7.33. The van der Waals surface area contributed by atoms with E-state index in [-0.39, 0.29) is 12.2 Å². The van der Waals surface area contributed by atoms with E-state index in [4.69, 9.17) is 28.4 Å². The Hall–Kier alpha value is -0.240. The van der Waals surface area contributed by atoms with Crippen LogP contribution in [0.5, 0.6) is 0 Å². The van der Waals surface area contributed by atoms with Crippen LogP contribution in [0.25, 0.3) is 0 Å². The highest BCUT2D eigenvalue weighted by Crippen LogP contribution is 1.95. The SMILES string of the molecule is CC1COCCOCCOCC(C)OCCOCCO1. The van der Waals surface area contributed by atoms with Gasteiger partial charge in [-0.3, -0.25) is 0 Å². The van der Waals surface area contributed by atoms with Gasteiger partial charge in [-0.1, -0.05) is 0 Å². The van der Waals surface area contributed by atoms with E-state index >= 15 is 0 Å². The van der Waals surface area contributed by atoms with Crippen LogP contribution in [0.4, 0.5) is 0 Å². The Kier molecular flexibility index (Phi) is 11.1. The number of ether oxygens (including phenoxy) is 6. The van der Waals surface area contributed by atoms with Crippen LogP contribution in [0.3, 0.4) is 0 Å². The van der Waals surface area contributed by atoms with Crippen molar-refractivity contribution in [3.8, 4) is 0 Å². The summed E-state index contributed by atoms with van der Waals surface area (Å²) in [6.07, 6.45) is 0.133. The molecule has 6 heteroatoms. The molecule has 0 spiro atoms. The van der Waals surface area contributed by atoms with Gasteiger partial charge in [-0.2, -0.15) is 0 Å². The van der Waals surface area contributed by atoms with Crippen molar-refractivity contribution in [1.82, 2.24) is 0 Å². The summed E-state index contributed by atoms with van der Waals surface area (Å²) < 4.78 is 32.8. The average Bonchev–Trinajstić information content (AvgIpc) is 2.43. The van der Waals surface area contributed by atoms with Gasteiger partial charge >= 0.3 is 0 Å². The number of rotatable bonds is 0. The van der Waals surface area contributed by atoms with Crippen LogP contribution in [0, 0.1) is 0 Å². The lowest BCUT2D eigenvalue weighted by Gasteiger charge is -2.16. The van der Waals surface area contributed by atoms with Crippen LogP contribution < -0.4 is 0 Å². The second kappa shape index (κ2) is 12.5. The Morgan fingerprint density at radius 1 is 0.500 bits per heavy atom. The normalized spacial score (nSPS) is 30.3. The molecule has 0 N–H and O–H groups in total. The van der Waals surface area contributed by atoms with E-state index in [2.05, 4.69) is 0 Å². The molecule has 20 heavy (non-hydrogen) atoms. The monoisotopic (exact) mass is 292 g/mol. The lowest BCUT2D eigenvalue weighted by atomic mass is 10.4. The summed E-state index contributed by atoms with van der Waals surface area (Å²) in [7, 11) is 0. The van der Waals surface area contributed by atoms with Gasteiger partial charge in [0.25, 0.3) is 0 Å². The Morgan fingerprint density at radius 3 is 1.30 bits per heavy atom. The zero-order chi connectivity index (χ0) is 14.5. The molecule has 0 aromatic carbocycles. The van der Waals surface area contributed by atoms with Gasteiger partial charge < -0.3 is 28.4 Å². The molecular formula is C14H28O6. The van der Waals surface area contributed by atoms with Gasteiger partial charge in [0.05, 0.1) is 78.3 Å². The van der Waals surface area contributed by atoms with Crippen LogP contribution >= 0.6 is 0 Å². The van der Waals surface area contributed by atoms with E-state index in [9.17, 15) is 0 Å². The van der Waals surface area contributed by atoms with Gasteiger partial charge in [-0.15, -0.1) is 0 Å². The minimum atomic E-state index is 0.0667. The van der Waals surface area contributed by atoms with Gasteiger partial charge in [-0.25, -0.2) is 0 Å². The van der Waals surface area contributed by atoms with Crippen molar-refractivity contribution in [3.63, 3.8) is 0 Å². The molecule has 0 aromatic heterocycles. The summed E-state index contributed by atoms with van der Waals surface area (Å²) in [5.74, 6) is 0. The molecule has 0 aromatic rings.